The fourth-order valence-electron chi connectivity index (χ4n) is 3.58. The summed E-state index contributed by atoms with van der Waals surface area (Å²) in [4.78, 5) is 0. The van der Waals surface area contributed by atoms with Crippen molar-refractivity contribution in [2.75, 3.05) is 0 Å². The first kappa shape index (κ1) is 9.21. The normalized spacial score (nSPS) is 41.7. The van der Waals surface area contributed by atoms with Crippen LogP contribution in [0, 0.1) is 11.8 Å². The quantitative estimate of drug-likeness (QED) is 0.555. The average molecular weight is 198 g/mol. The second-order valence-electron chi connectivity index (χ2n) is 5.36. The number of fused-ring (bicyclic) bond motifs is 5. The summed E-state index contributed by atoms with van der Waals surface area (Å²) in [5.41, 5.74) is 3.50. The van der Waals surface area contributed by atoms with Gasteiger partial charge >= 0.3 is 0 Å². The highest BCUT2D eigenvalue weighted by Gasteiger charge is 2.50. The molecule has 2 aliphatic carbocycles. The van der Waals surface area contributed by atoms with E-state index >= 15 is 0 Å². The second kappa shape index (κ2) is 2.75. The molecule has 4 atom stereocenters. The minimum absolute atomic E-state index is 0.357. The Morgan fingerprint density at radius 3 is 2.60 bits per heavy atom. The zero-order valence-electron chi connectivity index (χ0n) is 9.70. The molecule has 0 saturated heterocycles. The van der Waals surface area contributed by atoms with Crippen molar-refractivity contribution in [3.8, 4) is 0 Å². The first-order valence-corrected chi connectivity index (χ1v) is 5.93. The first-order chi connectivity index (χ1) is 7.15. The summed E-state index contributed by atoms with van der Waals surface area (Å²) in [5.74, 6) is 2.06. The molecule has 15 heavy (non-hydrogen) atoms. The molecule has 3 rings (SSSR count). The molecule has 0 aliphatic heterocycles. The molecule has 78 valence electrons. The fraction of sp³-hybridized carbons (Fsp3) is 0.467. The van der Waals surface area contributed by atoms with E-state index in [4.69, 9.17) is 0 Å². The van der Waals surface area contributed by atoms with Crippen molar-refractivity contribution in [3.63, 3.8) is 0 Å². The summed E-state index contributed by atoms with van der Waals surface area (Å²) in [5, 5.41) is 0. The summed E-state index contributed by atoms with van der Waals surface area (Å²) in [6, 6.07) is 9.00. The van der Waals surface area contributed by atoms with Gasteiger partial charge in [0, 0.05) is 11.3 Å². The standard InChI is InChI=1S/C15H18/c1-10-8-9-12-11(2)15(10,3)14-7-5-4-6-13(12)14/h4-12H,1-3H3. The zero-order chi connectivity index (χ0) is 10.6. The number of allylic oxidation sites excluding steroid dienone is 2. The van der Waals surface area contributed by atoms with Crippen LogP contribution in [0.5, 0.6) is 0 Å². The maximum atomic E-state index is 2.44. The molecule has 1 aromatic rings. The SMILES string of the molecule is CC1C=CC2c3ccccc3C1(C)C2C. The molecule has 4 unspecified atom stereocenters. The van der Waals surface area contributed by atoms with E-state index in [2.05, 4.69) is 57.2 Å². The molecule has 2 bridgehead atoms. The van der Waals surface area contributed by atoms with Gasteiger partial charge in [-0.15, -0.1) is 0 Å². The van der Waals surface area contributed by atoms with Gasteiger partial charge in [-0.05, 0) is 23.0 Å². The summed E-state index contributed by atoms with van der Waals surface area (Å²) < 4.78 is 0. The summed E-state index contributed by atoms with van der Waals surface area (Å²) in [7, 11) is 0. The van der Waals surface area contributed by atoms with Crippen molar-refractivity contribution in [2.45, 2.75) is 32.1 Å². The molecule has 0 nitrogen and oxygen atoms in total. The summed E-state index contributed by atoms with van der Waals surface area (Å²) in [6.45, 7) is 7.20. The van der Waals surface area contributed by atoms with Gasteiger partial charge in [0.15, 0.2) is 0 Å². The van der Waals surface area contributed by atoms with Crippen LogP contribution in [0.25, 0.3) is 0 Å². The highest BCUT2D eigenvalue weighted by molar-refractivity contribution is 5.49. The van der Waals surface area contributed by atoms with Gasteiger partial charge in [0.1, 0.15) is 0 Å². The molecule has 0 N–H and O–H groups in total. The van der Waals surface area contributed by atoms with E-state index in [0.717, 1.165) is 5.92 Å². The number of benzene rings is 1. The molecule has 2 aliphatic rings. The van der Waals surface area contributed by atoms with Crippen LogP contribution in [0.4, 0.5) is 0 Å². The van der Waals surface area contributed by atoms with Gasteiger partial charge in [-0.2, -0.15) is 0 Å². The van der Waals surface area contributed by atoms with Crippen LogP contribution in [0.1, 0.15) is 37.8 Å². The van der Waals surface area contributed by atoms with E-state index < -0.39 is 0 Å². The van der Waals surface area contributed by atoms with Gasteiger partial charge in [-0.3, -0.25) is 0 Å². The topological polar surface area (TPSA) is 0 Å². The third-order valence-corrected chi connectivity index (χ3v) is 4.94. The van der Waals surface area contributed by atoms with Crippen molar-refractivity contribution in [1.82, 2.24) is 0 Å². The van der Waals surface area contributed by atoms with E-state index in [9.17, 15) is 0 Å². The van der Waals surface area contributed by atoms with E-state index in [-0.39, 0.29) is 0 Å². The second-order valence-corrected chi connectivity index (χ2v) is 5.36. The van der Waals surface area contributed by atoms with Gasteiger partial charge in [-0.1, -0.05) is 57.2 Å². The Bertz CT molecular complexity index is 429. The van der Waals surface area contributed by atoms with Crippen molar-refractivity contribution >= 4 is 0 Å². The molecule has 0 spiro atoms. The van der Waals surface area contributed by atoms with Crippen molar-refractivity contribution < 1.29 is 0 Å². The van der Waals surface area contributed by atoms with Crippen LogP contribution < -0.4 is 0 Å². The lowest BCUT2D eigenvalue weighted by atomic mass is 9.64. The monoisotopic (exact) mass is 198 g/mol. The van der Waals surface area contributed by atoms with Crippen LogP contribution in [0.3, 0.4) is 0 Å². The van der Waals surface area contributed by atoms with Gasteiger partial charge in [0.05, 0.1) is 0 Å². The Balaban J connectivity index is 2.30. The predicted octanol–water partition coefficient (Wildman–Crippen LogP) is 3.88. The molecule has 0 fully saturated rings. The smallest absolute Gasteiger partial charge is 0.00552 e. The molecular formula is C15H18. The van der Waals surface area contributed by atoms with Gasteiger partial charge in [0.25, 0.3) is 0 Å². The van der Waals surface area contributed by atoms with Gasteiger partial charge in [0.2, 0.25) is 0 Å². The summed E-state index contributed by atoms with van der Waals surface area (Å²) in [6.07, 6.45) is 4.83. The lowest BCUT2D eigenvalue weighted by Gasteiger charge is -2.39. The largest absolute Gasteiger partial charge is 0.0842 e. The molecule has 0 heteroatoms. The first-order valence-electron chi connectivity index (χ1n) is 5.93. The lowest BCUT2D eigenvalue weighted by Crippen LogP contribution is -2.35. The van der Waals surface area contributed by atoms with E-state index in [0.29, 0.717) is 17.3 Å². The third-order valence-electron chi connectivity index (χ3n) is 4.94. The predicted molar refractivity (Wildman–Crippen MR) is 64.0 cm³/mol. The van der Waals surface area contributed by atoms with Crippen LogP contribution in [-0.4, -0.2) is 0 Å². The van der Waals surface area contributed by atoms with E-state index in [1.807, 2.05) is 0 Å². The number of rotatable bonds is 0. The van der Waals surface area contributed by atoms with Crippen molar-refractivity contribution in [1.29, 1.82) is 0 Å². The molecule has 0 saturated carbocycles. The summed E-state index contributed by atoms with van der Waals surface area (Å²) >= 11 is 0. The van der Waals surface area contributed by atoms with Crippen LogP contribution in [0.2, 0.25) is 0 Å². The minimum Gasteiger partial charge on any atom is -0.0842 e. The molecule has 1 aromatic carbocycles. The Morgan fingerprint density at radius 1 is 1.07 bits per heavy atom. The third kappa shape index (κ3) is 0.928. The Labute approximate surface area is 92.0 Å². The van der Waals surface area contributed by atoms with Crippen LogP contribution in [-0.2, 0) is 5.41 Å². The molecular weight excluding hydrogens is 180 g/mol. The lowest BCUT2D eigenvalue weighted by molar-refractivity contribution is 0.247. The van der Waals surface area contributed by atoms with Crippen molar-refractivity contribution in [3.05, 3.63) is 47.5 Å². The Kier molecular flexibility index (Phi) is 1.69. The Hall–Kier alpha value is -1.04. The highest BCUT2D eigenvalue weighted by Crippen LogP contribution is 2.57. The zero-order valence-corrected chi connectivity index (χ0v) is 9.70. The molecule has 0 radical (unpaired) electrons. The number of hydrogen-bond donors (Lipinski definition) is 0. The van der Waals surface area contributed by atoms with Crippen LogP contribution in [0.15, 0.2) is 36.4 Å². The number of hydrogen-bond acceptors (Lipinski definition) is 0. The highest BCUT2D eigenvalue weighted by atomic mass is 14.5. The van der Waals surface area contributed by atoms with Crippen molar-refractivity contribution in [2.24, 2.45) is 11.8 Å². The molecule has 0 amide bonds. The van der Waals surface area contributed by atoms with Gasteiger partial charge in [-0.25, -0.2) is 0 Å². The molecule has 0 aromatic heterocycles. The van der Waals surface area contributed by atoms with Gasteiger partial charge < -0.3 is 0 Å². The van der Waals surface area contributed by atoms with E-state index in [1.54, 1.807) is 11.1 Å². The Morgan fingerprint density at radius 2 is 1.80 bits per heavy atom. The fourth-order valence-corrected chi connectivity index (χ4v) is 3.58. The molecule has 0 heterocycles. The minimum atomic E-state index is 0.357. The van der Waals surface area contributed by atoms with E-state index in [1.165, 1.54) is 0 Å². The maximum Gasteiger partial charge on any atom is 0.00552 e. The van der Waals surface area contributed by atoms with Crippen LogP contribution >= 0.6 is 0 Å². The maximum absolute atomic E-state index is 2.44. The average Bonchev–Trinajstić information content (AvgIpc) is 2.39.